The van der Waals surface area contributed by atoms with Gasteiger partial charge in [-0.1, -0.05) is 249 Å². The minimum atomic E-state index is -0.122. The molecule has 0 unspecified atom stereocenters. The van der Waals surface area contributed by atoms with Gasteiger partial charge in [0.05, 0.1) is 27.7 Å². The molecule has 0 amide bonds. The lowest BCUT2D eigenvalue weighted by Gasteiger charge is -2.25. The summed E-state index contributed by atoms with van der Waals surface area (Å²) in [5.41, 5.74) is 23.1. The van der Waals surface area contributed by atoms with Gasteiger partial charge in [0.15, 0.2) is 45.6 Å². The Balaban J connectivity index is 0.000000109. The molecule has 0 atom stereocenters. The van der Waals surface area contributed by atoms with E-state index in [9.17, 15) is 0 Å². The van der Waals surface area contributed by atoms with Gasteiger partial charge >= 0.3 is 0 Å². The van der Waals surface area contributed by atoms with Crippen molar-refractivity contribution in [2.24, 2.45) is 0 Å². The molecule has 0 N–H and O–H groups in total. The zero-order chi connectivity index (χ0) is 101. The van der Waals surface area contributed by atoms with Gasteiger partial charge in [0.1, 0.15) is 23.0 Å². The molecule has 16 aromatic carbocycles. The molecule has 720 valence electrons. The monoisotopic (exact) mass is 2000 g/mol. The molecule has 0 aliphatic heterocycles. The summed E-state index contributed by atoms with van der Waals surface area (Å²) < 4.78 is 32.4. The Morgan fingerprint density at radius 3 is 0.926 bits per heavy atom. The van der Waals surface area contributed by atoms with Crippen LogP contribution in [0, 0.1) is 0 Å². The molecule has 0 spiro atoms. The van der Waals surface area contributed by atoms with E-state index in [1.165, 1.54) is 159 Å². The maximum atomic E-state index is 6.24. The standard InChI is InChI=1S/C52H50N4O4.C44H31N.C36H18N4S4/c1-49(2,3)31-13-27-15-36(48-55-25-30(26-56-48)38-20-40-42(58-38)22-44(60-40)52(10,11)12)34-18-32(50(4,5)6)14-28-16-35(33(17-31)45(27)46(28)34)47-53-23-29(24-54-47)37-19-39-41(57-37)21-43(59-39)51(7,8)9;1-44(2,3)30-20-18-26(19-21-30)35-22-27-10-9-15-34-36(23-28-11-8-14-33(35)41(28)42(27)34)29-24-37-31-12-4-6-16-39(31)45-40-17-7-5-13-32(40)38(25-29)43(37)45;1-3-19-11-26(36-39-17-22(18-40-36)30-14-32-28(44-30)8-10-42-32)24-6-2-4-20-12-25(23(5-1)33(19)34(20)24)35-37-15-21(16-38-35)29-13-31-27(43-29)7-9-41-31/h13-26H,1-12H3;4-25H,1-3H3;1-18H. The molecular formula is C132H99N9O4S4. The molecule has 14 heterocycles. The van der Waals surface area contributed by atoms with Crippen LogP contribution in [0.4, 0.5) is 0 Å². The molecule has 0 saturated carbocycles. The molecule has 0 radical (unpaired) electrons. The van der Waals surface area contributed by atoms with Crippen molar-refractivity contribution in [1.29, 1.82) is 0 Å². The number of nitrogens with zero attached hydrogens (tertiary/aromatic N) is 9. The molecular weight excluding hydrogens is 1900 g/mol. The van der Waals surface area contributed by atoms with Crippen molar-refractivity contribution in [2.75, 3.05) is 0 Å². The van der Waals surface area contributed by atoms with E-state index in [-0.39, 0.29) is 27.1 Å². The maximum absolute atomic E-state index is 6.24. The van der Waals surface area contributed by atoms with Crippen LogP contribution < -0.4 is 0 Å². The molecule has 14 aromatic heterocycles. The Labute approximate surface area is 874 Å². The summed E-state index contributed by atoms with van der Waals surface area (Å²) in [5, 5.41) is 31.3. The molecule has 0 aliphatic rings. The Hall–Kier alpha value is -16.3. The molecule has 0 saturated heterocycles. The second-order valence-corrected chi connectivity index (χ2v) is 49.2. The predicted molar refractivity (Wildman–Crippen MR) is 626 cm³/mol. The van der Waals surface area contributed by atoms with E-state index in [1.807, 2.05) is 73.8 Å². The Morgan fingerprint density at radius 1 is 0.228 bits per heavy atom. The van der Waals surface area contributed by atoms with E-state index in [2.05, 4.69) is 362 Å². The molecule has 13 nitrogen and oxygen atoms in total. The lowest BCUT2D eigenvalue weighted by atomic mass is 9.79. The zero-order valence-corrected chi connectivity index (χ0v) is 88.2. The van der Waals surface area contributed by atoms with Crippen molar-refractivity contribution in [3.8, 4) is 111 Å². The minimum absolute atomic E-state index is 0.111. The first-order chi connectivity index (χ1) is 71.9. The second-order valence-electron chi connectivity index (χ2n) is 45.1. The van der Waals surface area contributed by atoms with E-state index in [1.54, 1.807) is 45.3 Å². The van der Waals surface area contributed by atoms with E-state index < -0.39 is 0 Å². The largest absolute Gasteiger partial charge is 0.457 e. The fourth-order valence-electron chi connectivity index (χ4n) is 22.4. The summed E-state index contributed by atoms with van der Waals surface area (Å²) in [6.45, 7) is 33.1. The van der Waals surface area contributed by atoms with Crippen LogP contribution in [0.3, 0.4) is 0 Å². The van der Waals surface area contributed by atoms with Crippen LogP contribution in [0.2, 0.25) is 0 Å². The van der Waals surface area contributed by atoms with Gasteiger partial charge in [0, 0.05) is 168 Å². The van der Waals surface area contributed by atoms with Gasteiger partial charge in [-0.3, -0.25) is 0 Å². The smallest absolute Gasteiger partial charge is 0.173 e. The van der Waals surface area contributed by atoms with Crippen LogP contribution in [0.1, 0.15) is 132 Å². The number of hydrogen-bond donors (Lipinski definition) is 0. The summed E-state index contributed by atoms with van der Waals surface area (Å²) in [6, 6.07) is 98.2. The van der Waals surface area contributed by atoms with Crippen molar-refractivity contribution < 1.29 is 17.7 Å². The highest BCUT2D eigenvalue weighted by Gasteiger charge is 2.32. The quantitative estimate of drug-likeness (QED) is 0.119. The predicted octanol–water partition coefficient (Wildman–Crippen LogP) is 38.5. The van der Waals surface area contributed by atoms with Crippen LogP contribution in [0.5, 0.6) is 0 Å². The summed E-state index contributed by atoms with van der Waals surface area (Å²) in [5.74, 6) is 5.90. The van der Waals surface area contributed by atoms with E-state index in [0.29, 0.717) is 23.2 Å². The van der Waals surface area contributed by atoms with Gasteiger partial charge in [-0.05, 0) is 260 Å². The normalized spacial score (nSPS) is 12.8. The van der Waals surface area contributed by atoms with E-state index >= 15 is 0 Å². The third-order valence-electron chi connectivity index (χ3n) is 30.2. The van der Waals surface area contributed by atoms with Crippen molar-refractivity contribution in [2.45, 2.75) is 131 Å². The Morgan fingerprint density at radius 2 is 0.557 bits per heavy atom. The van der Waals surface area contributed by atoms with Crippen LogP contribution >= 0.6 is 45.3 Å². The van der Waals surface area contributed by atoms with Gasteiger partial charge in [-0.25, -0.2) is 39.9 Å². The van der Waals surface area contributed by atoms with Crippen molar-refractivity contribution in [1.82, 2.24) is 44.3 Å². The summed E-state index contributed by atoms with van der Waals surface area (Å²) in [7, 11) is 0. The molecule has 30 aromatic rings. The van der Waals surface area contributed by atoms with Crippen LogP contribution in [0.25, 0.3) is 288 Å². The van der Waals surface area contributed by atoms with Crippen LogP contribution in [-0.4, -0.2) is 44.3 Å². The van der Waals surface area contributed by atoms with E-state index in [0.717, 1.165) is 133 Å². The number of fused-ring (bicyclic) bond motifs is 10. The average Bonchev–Trinajstić information content (AvgIpc) is 1.61. The highest BCUT2D eigenvalue weighted by Crippen LogP contribution is 2.53. The summed E-state index contributed by atoms with van der Waals surface area (Å²) in [4.78, 5) is 41.9. The first-order valence-electron chi connectivity index (χ1n) is 50.8. The van der Waals surface area contributed by atoms with Gasteiger partial charge in [0.25, 0.3) is 0 Å². The highest BCUT2D eigenvalue weighted by molar-refractivity contribution is 7.29. The fourth-order valence-corrected chi connectivity index (χ4v) is 26.6. The average molecular weight is 2000 g/mol. The van der Waals surface area contributed by atoms with Crippen molar-refractivity contribution >= 4 is 222 Å². The van der Waals surface area contributed by atoms with Gasteiger partial charge in [0.2, 0.25) is 0 Å². The van der Waals surface area contributed by atoms with Crippen molar-refractivity contribution in [3.05, 3.63) is 355 Å². The fraction of sp³-hybridized carbons (Fsp3) is 0.152. The first-order valence-corrected chi connectivity index (χ1v) is 54.1. The van der Waals surface area contributed by atoms with Gasteiger partial charge in [-0.15, -0.1) is 45.3 Å². The topological polar surface area (TPSA) is 160 Å². The highest BCUT2D eigenvalue weighted by atomic mass is 32.1. The van der Waals surface area contributed by atoms with Crippen LogP contribution in [-0.2, 0) is 27.1 Å². The molecule has 17 heteroatoms. The number of hydrogen-bond acceptors (Lipinski definition) is 16. The second kappa shape index (κ2) is 33.1. The number of benzene rings is 16. The molecule has 149 heavy (non-hydrogen) atoms. The van der Waals surface area contributed by atoms with Gasteiger partial charge in [-0.2, -0.15) is 0 Å². The Kier molecular flexibility index (Phi) is 20.1. The maximum Gasteiger partial charge on any atom is 0.173 e. The number of thiophene rings is 4. The van der Waals surface area contributed by atoms with Crippen molar-refractivity contribution in [3.63, 3.8) is 0 Å². The third-order valence-corrected chi connectivity index (χ3v) is 34.5. The zero-order valence-electron chi connectivity index (χ0n) is 85.0. The number of para-hydroxylation sites is 2. The first kappa shape index (κ1) is 90.3. The van der Waals surface area contributed by atoms with Crippen LogP contribution in [0.15, 0.2) is 345 Å². The lowest BCUT2D eigenvalue weighted by molar-refractivity contribution is 0.430. The molecule has 0 bridgehead atoms. The summed E-state index contributed by atoms with van der Waals surface area (Å²) in [6.07, 6.45) is 15.2. The molecule has 0 aliphatic carbocycles. The summed E-state index contributed by atoms with van der Waals surface area (Å²) >= 11 is 7.12. The number of furan rings is 4. The lowest BCUT2D eigenvalue weighted by Crippen LogP contribution is -2.12. The molecule has 30 rings (SSSR count). The Bertz CT molecular complexity index is 10000. The number of rotatable bonds is 10. The molecule has 0 fully saturated rings. The number of aromatic nitrogens is 9. The SMILES string of the molecule is CC(C)(C)c1cc2cc(-c3ncc(-c4cc5oc(C(C)(C)C)cc5o4)cn3)c3cc(C(C)(C)C)cc4cc(-c5ncc(-c6cc7oc(C(C)(C)C)cc7o6)cn5)c(c1)c2c43.CC(C)(C)c1ccc(-c2cc3cccc4c(-c5cc6c7ccccc7n7c8ccccc8c(c5)c67)cc5cccc2c5c34)cc1.c1cc2cc(-c3ncc(-c4cc5sccc5s4)cn3)c3cccc4cc(-c5ncc(-c6cc7sccc7s6)cn5)c(c1)c2c43. The van der Waals surface area contributed by atoms with Gasteiger partial charge < -0.3 is 22.1 Å². The third kappa shape index (κ3) is 14.9. The minimum Gasteiger partial charge on any atom is -0.457 e. The van der Waals surface area contributed by atoms with E-state index in [4.69, 9.17) is 57.5 Å².